The fourth-order valence-corrected chi connectivity index (χ4v) is 2.54. The molecule has 0 spiro atoms. The van der Waals surface area contributed by atoms with Gasteiger partial charge in [0.25, 0.3) is 5.91 Å². The number of nitriles is 1. The summed E-state index contributed by atoms with van der Waals surface area (Å²) in [6.45, 7) is 7.28. The lowest BCUT2D eigenvalue weighted by Gasteiger charge is -2.26. The van der Waals surface area contributed by atoms with Gasteiger partial charge >= 0.3 is 0 Å². The highest BCUT2D eigenvalue weighted by Crippen LogP contribution is 2.03. The molecule has 6 nitrogen and oxygen atoms in total. The molecule has 0 saturated carbocycles. The van der Waals surface area contributed by atoms with Gasteiger partial charge in [-0.15, -0.1) is 0 Å². The number of amides is 1. The average Bonchev–Trinajstić information content (AvgIpc) is 2.64. The van der Waals surface area contributed by atoms with Crippen LogP contribution < -0.4 is 10.6 Å². The van der Waals surface area contributed by atoms with Crippen molar-refractivity contribution in [1.82, 2.24) is 15.5 Å². The second-order valence-corrected chi connectivity index (χ2v) is 6.07. The minimum Gasteiger partial charge on any atom is -0.389 e. The molecule has 1 fully saturated rings. The highest BCUT2D eigenvalue weighted by Gasteiger charge is 2.12. The van der Waals surface area contributed by atoms with Crippen molar-refractivity contribution >= 4 is 5.91 Å². The monoisotopic (exact) mass is 342 g/mol. The molecule has 1 aromatic rings. The van der Waals surface area contributed by atoms with Crippen molar-refractivity contribution in [3.05, 3.63) is 47.2 Å². The number of morpholine rings is 1. The van der Waals surface area contributed by atoms with E-state index in [2.05, 4.69) is 46.7 Å². The van der Waals surface area contributed by atoms with Crippen LogP contribution in [-0.4, -0.2) is 56.7 Å². The van der Waals surface area contributed by atoms with Crippen LogP contribution >= 0.6 is 0 Å². The van der Waals surface area contributed by atoms with E-state index in [-0.39, 0.29) is 11.5 Å². The zero-order valence-electron chi connectivity index (χ0n) is 14.8. The Balaban J connectivity index is 1.68. The Kier molecular flexibility index (Phi) is 7.96. The first-order valence-electron chi connectivity index (χ1n) is 8.66. The van der Waals surface area contributed by atoms with Crippen LogP contribution in [0.15, 0.2) is 36.0 Å². The maximum absolute atomic E-state index is 12.0. The molecular weight excluding hydrogens is 316 g/mol. The van der Waals surface area contributed by atoms with Gasteiger partial charge in [-0.3, -0.25) is 9.69 Å². The number of nitrogens with zero attached hydrogens (tertiary/aromatic N) is 2. The fourth-order valence-electron chi connectivity index (χ4n) is 2.54. The van der Waals surface area contributed by atoms with Gasteiger partial charge in [-0.05, 0) is 18.9 Å². The Labute approximate surface area is 149 Å². The van der Waals surface area contributed by atoms with Gasteiger partial charge in [-0.1, -0.05) is 29.8 Å². The Morgan fingerprint density at radius 1 is 1.28 bits per heavy atom. The van der Waals surface area contributed by atoms with Crippen molar-refractivity contribution < 1.29 is 9.53 Å². The van der Waals surface area contributed by atoms with E-state index in [1.54, 1.807) is 0 Å². The second-order valence-electron chi connectivity index (χ2n) is 6.07. The lowest BCUT2D eigenvalue weighted by molar-refractivity contribution is -0.117. The lowest BCUT2D eigenvalue weighted by atomic mass is 10.1. The third-order valence-electron chi connectivity index (χ3n) is 4.11. The fraction of sp³-hybridized carbons (Fsp3) is 0.474. The third-order valence-corrected chi connectivity index (χ3v) is 4.11. The zero-order valence-corrected chi connectivity index (χ0v) is 14.8. The molecule has 1 saturated heterocycles. The molecule has 134 valence electrons. The summed E-state index contributed by atoms with van der Waals surface area (Å²) >= 11 is 0. The summed E-state index contributed by atoms with van der Waals surface area (Å²) in [5.74, 6) is -0.335. The van der Waals surface area contributed by atoms with Crippen molar-refractivity contribution in [3.8, 4) is 6.07 Å². The Morgan fingerprint density at radius 3 is 2.68 bits per heavy atom. The molecule has 0 atom stereocenters. The Morgan fingerprint density at radius 2 is 2.00 bits per heavy atom. The summed E-state index contributed by atoms with van der Waals surface area (Å²) in [5.41, 5.74) is 2.56. The van der Waals surface area contributed by atoms with Crippen molar-refractivity contribution in [3.63, 3.8) is 0 Å². The van der Waals surface area contributed by atoms with Crippen LogP contribution in [0.5, 0.6) is 0 Å². The minimum atomic E-state index is -0.335. The first kappa shape index (κ1) is 19.0. The molecule has 25 heavy (non-hydrogen) atoms. The van der Waals surface area contributed by atoms with Crippen LogP contribution in [0.4, 0.5) is 0 Å². The van der Waals surface area contributed by atoms with Crippen LogP contribution in [0.25, 0.3) is 0 Å². The SMILES string of the molecule is Cc1ccc(CCN/C=C(/C#N)C(=O)NCCN2CCOCC2)cc1. The van der Waals surface area contributed by atoms with Gasteiger partial charge in [0.1, 0.15) is 11.6 Å². The molecule has 1 aromatic carbocycles. The topological polar surface area (TPSA) is 77.4 Å². The zero-order chi connectivity index (χ0) is 17.9. The highest BCUT2D eigenvalue weighted by molar-refractivity contribution is 5.97. The van der Waals surface area contributed by atoms with Gasteiger partial charge in [0, 0.05) is 38.9 Å². The van der Waals surface area contributed by atoms with Gasteiger partial charge in [0.05, 0.1) is 13.2 Å². The van der Waals surface area contributed by atoms with E-state index in [0.717, 1.165) is 39.3 Å². The average molecular weight is 342 g/mol. The van der Waals surface area contributed by atoms with Crippen LogP contribution in [0, 0.1) is 18.3 Å². The summed E-state index contributed by atoms with van der Waals surface area (Å²) in [5, 5.41) is 15.0. The van der Waals surface area contributed by atoms with Crippen molar-refractivity contribution in [2.24, 2.45) is 0 Å². The molecule has 1 heterocycles. The quantitative estimate of drug-likeness (QED) is 0.418. The van der Waals surface area contributed by atoms with Gasteiger partial charge < -0.3 is 15.4 Å². The number of carbonyl (C=O) groups excluding carboxylic acids is 1. The molecule has 0 bridgehead atoms. The number of ether oxygens (including phenoxy) is 1. The summed E-state index contributed by atoms with van der Waals surface area (Å²) in [7, 11) is 0. The van der Waals surface area contributed by atoms with E-state index in [9.17, 15) is 4.79 Å². The molecule has 0 radical (unpaired) electrons. The van der Waals surface area contributed by atoms with Crippen LogP contribution in [-0.2, 0) is 16.0 Å². The maximum atomic E-state index is 12.0. The predicted octanol–water partition coefficient (Wildman–Crippen LogP) is 0.983. The number of aryl methyl sites for hydroxylation is 1. The molecule has 0 unspecified atom stereocenters. The van der Waals surface area contributed by atoms with E-state index < -0.39 is 0 Å². The molecule has 1 aliphatic rings. The largest absolute Gasteiger partial charge is 0.389 e. The molecule has 1 aliphatic heterocycles. The van der Waals surface area contributed by atoms with Gasteiger partial charge in [0.15, 0.2) is 0 Å². The molecule has 6 heteroatoms. The molecule has 1 amide bonds. The minimum absolute atomic E-state index is 0.103. The smallest absolute Gasteiger partial charge is 0.263 e. The summed E-state index contributed by atoms with van der Waals surface area (Å²) in [6.07, 6.45) is 2.34. The Bertz CT molecular complexity index is 613. The summed E-state index contributed by atoms with van der Waals surface area (Å²) in [4.78, 5) is 14.3. The van der Waals surface area contributed by atoms with Crippen molar-refractivity contribution in [2.45, 2.75) is 13.3 Å². The van der Waals surface area contributed by atoms with E-state index in [0.29, 0.717) is 13.1 Å². The van der Waals surface area contributed by atoms with E-state index in [4.69, 9.17) is 10.00 Å². The maximum Gasteiger partial charge on any atom is 0.263 e. The molecule has 0 aromatic heterocycles. The molecule has 2 rings (SSSR count). The number of hydrogen-bond donors (Lipinski definition) is 2. The van der Waals surface area contributed by atoms with Crippen LogP contribution in [0.2, 0.25) is 0 Å². The number of rotatable bonds is 8. The number of hydrogen-bond acceptors (Lipinski definition) is 5. The Hall–Kier alpha value is -2.36. The second kappa shape index (κ2) is 10.5. The van der Waals surface area contributed by atoms with Crippen molar-refractivity contribution in [2.75, 3.05) is 45.9 Å². The third kappa shape index (κ3) is 6.96. The number of carbonyl (C=O) groups is 1. The van der Waals surface area contributed by atoms with Crippen LogP contribution in [0.3, 0.4) is 0 Å². The van der Waals surface area contributed by atoms with Gasteiger partial charge in [0.2, 0.25) is 0 Å². The molecule has 2 N–H and O–H groups in total. The van der Waals surface area contributed by atoms with E-state index in [1.165, 1.54) is 17.3 Å². The normalized spacial score (nSPS) is 15.4. The summed E-state index contributed by atoms with van der Waals surface area (Å²) in [6, 6.07) is 10.3. The number of benzene rings is 1. The predicted molar refractivity (Wildman–Crippen MR) is 96.9 cm³/mol. The standard InChI is InChI=1S/C19H26N4O2/c1-16-2-4-17(5-3-16)6-7-21-15-18(14-20)19(24)22-8-9-23-10-12-25-13-11-23/h2-5,15,21H,6-13H2,1H3,(H,22,24)/b18-15-. The van der Waals surface area contributed by atoms with Gasteiger partial charge in [-0.25, -0.2) is 0 Å². The summed E-state index contributed by atoms with van der Waals surface area (Å²) < 4.78 is 5.29. The van der Waals surface area contributed by atoms with Crippen molar-refractivity contribution in [1.29, 1.82) is 5.26 Å². The van der Waals surface area contributed by atoms with E-state index in [1.807, 2.05) is 6.07 Å². The lowest BCUT2D eigenvalue weighted by Crippen LogP contribution is -2.41. The highest BCUT2D eigenvalue weighted by atomic mass is 16.5. The molecular formula is C19H26N4O2. The molecule has 0 aliphatic carbocycles. The first-order valence-corrected chi connectivity index (χ1v) is 8.66. The van der Waals surface area contributed by atoms with E-state index >= 15 is 0 Å². The number of nitrogens with one attached hydrogen (secondary N) is 2. The van der Waals surface area contributed by atoms with Crippen LogP contribution in [0.1, 0.15) is 11.1 Å². The first-order chi connectivity index (χ1) is 12.2. The van der Waals surface area contributed by atoms with Gasteiger partial charge in [-0.2, -0.15) is 5.26 Å².